The predicted octanol–water partition coefficient (Wildman–Crippen LogP) is 3.34. The van der Waals surface area contributed by atoms with Gasteiger partial charge in [-0.2, -0.15) is 0 Å². The molecule has 92 valence electrons. The number of Topliss-reactive ketones (excluding diaryl/α,β-unsaturated/α-hetero) is 1. The van der Waals surface area contributed by atoms with Gasteiger partial charge < -0.3 is 4.74 Å². The van der Waals surface area contributed by atoms with Gasteiger partial charge in [-0.3, -0.25) is 4.79 Å². The second kappa shape index (κ2) is 5.81. The van der Waals surface area contributed by atoms with E-state index in [0.717, 1.165) is 44.6 Å². The monoisotopic (exact) mass is 224 g/mol. The summed E-state index contributed by atoms with van der Waals surface area (Å²) < 4.78 is 5.61. The Hall–Kier alpha value is -0.370. The third kappa shape index (κ3) is 3.31. The molecule has 2 heteroatoms. The Morgan fingerprint density at radius 2 is 2.19 bits per heavy atom. The lowest BCUT2D eigenvalue weighted by molar-refractivity contribution is -0.125. The van der Waals surface area contributed by atoms with Crippen molar-refractivity contribution in [2.24, 2.45) is 11.8 Å². The number of ether oxygens (including phenoxy) is 1. The number of ketones is 1. The fraction of sp³-hybridized carbons (Fsp3) is 0.929. The highest BCUT2D eigenvalue weighted by molar-refractivity contribution is 5.81. The maximum Gasteiger partial charge on any atom is 0.135 e. The van der Waals surface area contributed by atoms with Crippen LogP contribution in [0.5, 0.6) is 0 Å². The maximum absolute atomic E-state index is 11.7. The first-order valence-corrected chi connectivity index (χ1v) is 6.90. The Morgan fingerprint density at radius 1 is 1.31 bits per heavy atom. The Balaban J connectivity index is 1.65. The third-order valence-corrected chi connectivity index (χ3v) is 4.13. The Labute approximate surface area is 98.7 Å². The van der Waals surface area contributed by atoms with E-state index in [1.165, 1.54) is 19.3 Å². The normalized spacial score (nSPS) is 35.6. The summed E-state index contributed by atoms with van der Waals surface area (Å²) in [5, 5.41) is 0. The van der Waals surface area contributed by atoms with Crippen molar-refractivity contribution < 1.29 is 9.53 Å². The van der Waals surface area contributed by atoms with Crippen molar-refractivity contribution in [1.82, 2.24) is 0 Å². The van der Waals surface area contributed by atoms with Crippen LogP contribution in [-0.4, -0.2) is 18.5 Å². The first-order valence-electron chi connectivity index (χ1n) is 6.90. The van der Waals surface area contributed by atoms with Gasteiger partial charge in [-0.1, -0.05) is 13.3 Å². The van der Waals surface area contributed by atoms with E-state index >= 15 is 0 Å². The second-order valence-corrected chi connectivity index (χ2v) is 5.61. The fourth-order valence-electron chi connectivity index (χ4n) is 3.07. The first-order chi connectivity index (χ1) is 7.75. The van der Waals surface area contributed by atoms with Crippen LogP contribution in [0, 0.1) is 11.8 Å². The SMILES string of the molecule is CC1CCC(=O)C(CCCC2CCCO2)C1. The molecule has 16 heavy (non-hydrogen) atoms. The highest BCUT2D eigenvalue weighted by Crippen LogP contribution is 2.30. The average Bonchev–Trinajstić information content (AvgIpc) is 2.76. The zero-order valence-electron chi connectivity index (χ0n) is 10.4. The lowest BCUT2D eigenvalue weighted by Gasteiger charge is -2.25. The molecule has 0 radical (unpaired) electrons. The Bertz CT molecular complexity index is 231. The van der Waals surface area contributed by atoms with Gasteiger partial charge in [0, 0.05) is 18.9 Å². The van der Waals surface area contributed by atoms with E-state index < -0.39 is 0 Å². The summed E-state index contributed by atoms with van der Waals surface area (Å²) in [6, 6.07) is 0. The third-order valence-electron chi connectivity index (χ3n) is 4.13. The van der Waals surface area contributed by atoms with E-state index in [-0.39, 0.29) is 0 Å². The molecule has 3 atom stereocenters. The van der Waals surface area contributed by atoms with Gasteiger partial charge in [0.1, 0.15) is 5.78 Å². The molecule has 2 aliphatic rings. The summed E-state index contributed by atoms with van der Waals surface area (Å²) >= 11 is 0. The van der Waals surface area contributed by atoms with E-state index in [1.807, 2.05) is 0 Å². The van der Waals surface area contributed by atoms with Gasteiger partial charge in [-0.25, -0.2) is 0 Å². The number of hydrogen-bond acceptors (Lipinski definition) is 2. The van der Waals surface area contributed by atoms with E-state index in [1.54, 1.807) is 0 Å². The van der Waals surface area contributed by atoms with Crippen LogP contribution in [0.2, 0.25) is 0 Å². The molecule has 0 aromatic carbocycles. The van der Waals surface area contributed by atoms with Crippen LogP contribution in [-0.2, 0) is 9.53 Å². The molecule has 0 aromatic heterocycles. The molecule has 0 spiro atoms. The van der Waals surface area contributed by atoms with Crippen molar-refractivity contribution in [3.8, 4) is 0 Å². The summed E-state index contributed by atoms with van der Waals surface area (Å²) in [6.45, 7) is 3.23. The lowest BCUT2D eigenvalue weighted by atomic mass is 9.79. The smallest absolute Gasteiger partial charge is 0.135 e. The quantitative estimate of drug-likeness (QED) is 0.732. The predicted molar refractivity (Wildman–Crippen MR) is 64.3 cm³/mol. The van der Waals surface area contributed by atoms with Crippen LogP contribution in [0.1, 0.15) is 58.3 Å². The summed E-state index contributed by atoms with van der Waals surface area (Å²) in [6.07, 6.45) is 9.46. The highest BCUT2D eigenvalue weighted by atomic mass is 16.5. The first kappa shape index (κ1) is 12.1. The molecular weight excluding hydrogens is 200 g/mol. The lowest BCUT2D eigenvalue weighted by Crippen LogP contribution is -2.23. The minimum Gasteiger partial charge on any atom is -0.378 e. The van der Waals surface area contributed by atoms with Gasteiger partial charge >= 0.3 is 0 Å². The van der Waals surface area contributed by atoms with Gasteiger partial charge in [0.2, 0.25) is 0 Å². The van der Waals surface area contributed by atoms with Crippen molar-refractivity contribution >= 4 is 5.78 Å². The topological polar surface area (TPSA) is 26.3 Å². The molecular formula is C14H24O2. The zero-order chi connectivity index (χ0) is 11.4. The molecule has 1 saturated heterocycles. The summed E-state index contributed by atoms with van der Waals surface area (Å²) in [5.74, 6) is 1.64. The van der Waals surface area contributed by atoms with Gasteiger partial charge in [0.05, 0.1) is 6.10 Å². The summed E-state index contributed by atoms with van der Waals surface area (Å²) in [5.41, 5.74) is 0. The molecule has 0 aromatic rings. The van der Waals surface area contributed by atoms with Crippen LogP contribution in [0.25, 0.3) is 0 Å². The molecule has 1 saturated carbocycles. The van der Waals surface area contributed by atoms with Crippen LogP contribution in [0.4, 0.5) is 0 Å². The molecule has 1 heterocycles. The summed E-state index contributed by atoms with van der Waals surface area (Å²) in [4.78, 5) is 11.7. The fourth-order valence-corrected chi connectivity index (χ4v) is 3.07. The van der Waals surface area contributed by atoms with Crippen molar-refractivity contribution in [1.29, 1.82) is 0 Å². The second-order valence-electron chi connectivity index (χ2n) is 5.61. The number of carbonyl (C=O) groups excluding carboxylic acids is 1. The van der Waals surface area contributed by atoms with Gasteiger partial charge in [-0.05, 0) is 44.4 Å². The van der Waals surface area contributed by atoms with E-state index in [4.69, 9.17) is 4.74 Å². The van der Waals surface area contributed by atoms with Crippen molar-refractivity contribution in [3.63, 3.8) is 0 Å². The molecule has 2 fully saturated rings. The van der Waals surface area contributed by atoms with Crippen LogP contribution >= 0.6 is 0 Å². The van der Waals surface area contributed by atoms with Crippen molar-refractivity contribution in [2.75, 3.05) is 6.61 Å². The van der Waals surface area contributed by atoms with Gasteiger partial charge in [-0.15, -0.1) is 0 Å². The molecule has 2 rings (SSSR count). The van der Waals surface area contributed by atoms with Gasteiger partial charge in [0.25, 0.3) is 0 Å². The standard InChI is InChI=1S/C14H24O2/c1-11-7-8-14(15)12(10-11)4-2-5-13-6-3-9-16-13/h11-13H,2-10H2,1H3. The Kier molecular flexibility index (Phi) is 4.39. The summed E-state index contributed by atoms with van der Waals surface area (Å²) in [7, 11) is 0. The van der Waals surface area contributed by atoms with Gasteiger partial charge in [0.15, 0.2) is 0 Å². The Morgan fingerprint density at radius 3 is 2.94 bits per heavy atom. The molecule has 1 aliphatic heterocycles. The highest BCUT2D eigenvalue weighted by Gasteiger charge is 2.26. The number of carbonyl (C=O) groups is 1. The molecule has 0 bridgehead atoms. The zero-order valence-corrected chi connectivity index (χ0v) is 10.4. The van der Waals surface area contributed by atoms with Crippen molar-refractivity contribution in [3.05, 3.63) is 0 Å². The molecule has 0 N–H and O–H groups in total. The largest absolute Gasteiger partial charge is 0.378 e. The van der Waals surface area contributed by atoms with Crippen LogP contribution < -0.4 is 0 Å². The molecule has 0 amide bonds. The van der Waals surface area contributed by atoms with E-state index in [9.17, 15) is 4.79 Å². The van der Waals surface area contributed by atoms with Crippen LogP contribution in [0.3, 0.4) is 0 Å². The van der Waals surface area contributed by atoms with Crippen LogP contribution in [0.15, 0.2) is 0 Å². The van der Waals surface area contributed by atoms with E-state index in [0.29, 0.717) is 17.8 Å². The minimum atomic E-state index is 0.366. The minimum absolute atomic E-state index is 0.366. The average molecular weight is 224 g/mol. The molecule has 3 unspecified atom stereocenters. The molecule has 2 nitrogen and oxygen atoms in total. The van der Waals surface area contributed by atoms with E-state index in [2.05, 4.69) is 6.92 Å². The number of rotatable bonds is 4. The van der Waals surface area contributed by atoms with Crippen molar-refractivity contribution in [2.45, 2.75) is 64.4 Å². The number of hydrogen-bond donors (Lipinski definition) is 0. The maximum atomic E-state index is 11.7. The molecule has 1 aliphatic carbocycles.